The average Bonchev–Trinajstić information content (AvgIpc) is 3.67. The number of hydrogen-bond acceptors (Lipinski definition) is 9. The highest BCUT2D eigenvalue weighted by Crippen LogP contribution is 2.45. The van der Waals surface area contributed by atoms with Gasteiger partial charge in [-0.25, -0.2) is 17.9 Å². The van der Waals surface area contributed by atoms with Gasteiger partial charge in [0.1, 0.15) is 24.0 Å². The molecule has 0 saturated carbocycles. The second-order valence-electron chi connectivity index (χ2n) is 15.9. The lowest BCUT2D eigenvalue weighted by Gasteiger charge is -2.36. The Hall–Kier alpha value is -4.66. The van der Waals surface area contributed by atoms with E-state index in [1.807, 2.05) is 52.0 Å². The summed E-state index contributed by atoms with van der Waals surface area (Å²) in [5.74, 6) is 0.628. The van der Waals surface area contributed by atoms with E-state index in [1.54, 1.807) is 30.8 Å². The zero-order valence-corrected chi connectivity index (χ0v) is 34.6. The summed E-state index contributed by atoms with van der Waals surface area (Å²) in [6, 6.07) is 15.4. The summed E-state index contributed by atoms with van der Waals surface area (Å²) in [4.78, 5) is 37.8. The summed E-state index contributed by atoms with van der Waals surface area (Å²) >= 11 is 0. The van der Waals surface area contributed by atoms with Crippen molar-refractivity contribution in [2.24, 2.45) is 10.7 Å². The fourth-order valence-electron chi connectivity index (χ4n) is 8.20. The summed E-state index contributed by atoms with van der Waals surface area (Å²) in [6.07, 6.45) is 0.622. The first kappa shape index (κ1) is 41.0. The molecule has 2 amide bonds. The molecule has 0 aromatic heterocycles. The second-order valence-corrected chi connectivity index (χ2v) is 17.5. The normalized spacial score (nSPS) is 17.1. The van der Waals surface area contributed by atoms with Crippen LogP contribution in [0, 0.1) is 20.8 Å². The molecule has 3 aromatic rings. The Balaban J connectivity index is 1.14. The monoisotopic (exact) mass is 787 g/mol. The van der Waals surface area contributed by atoms with Gasteiger partial charge in [-0.05, 0) is 86.4 Å². The van der Waals surface area contributed by atoms with Gasteiger partial charge in [0.25, 0.3) is 10.0 Å². The Kier molecular flexibility index (Phi) is 12.3. The van der Waals surface area contributed by atoms with E-state index in [0.29, 0.717) is 56.7 Å². The molecule has 13 nitrogen and oxygen atoms in total. The third-order valence-electron chi connectivity index (χ3n) is 11.2. The van der Waals surface area contributed by atoms with Crippen molar-refractivity contribution in [3.63, 3.8) is 0 Å². The third kappa shape index (κ3) is 8.67. The lowest BCUT2D eigenvalue weighted by molar-refractivity contribution is -0.135. The van der Waals surface area contributed by atoms with Gasteiger partial charge in [0.2, 0.25) is 11.9 Å². The van der Waals surface area contributed by atoms with E-state index < -0.39 is 27.8 Å². The molecule has 4 N–H and O–H groups in total. The molecule has 3 aromatic carbocycles. The minimum Gasteiger partial charge on any atom is -0.487 e. The topological polar surface area (TPSA) is 159 Å². The minimum absolute atomic E-state index is 0.117. The highest BCUT2D eigenvalue weighted by atomic mass is 32.2. The van der Waals surface area contributed by atoms with E-state index >= 15 is 0 Å². The Morgan fingerprint density at radius 2 is 1.61 bits per heavy atom. The molecule has 3 aliphatic rings. The number of nitrogens with one attached hydrogen (secondary N) is 2. The molecule has 56 heavy (non-hydrogen) atoms. The van der Waals surface area contributed by atoms with Crippen molar-refractivity contribution in [1.82, 2.24) is 24.7 Å². The van der Waals surface area contributed by atoms with Gasteiger partial charge in [0.05, 0.1) is 4.90 Å². The zero-order valence-electron chi connectivity index (χ0n) is 33.8. The van der Waals surface area contributed by atoms with Gasteiger partial charge in [-0.3, -0.25) is 14.7 Å². The fraction of sp³-hybridized carbons (Fsp3) is 0.500. The Labute approximate surface area is 331 Å². The molecule has 1 fully saturated rings. The fourth-order valence-corrected chi connectivity index (χ4v) is 9.87. The van der Waals surface area contributed by atoms with Crippen LogP contribution in [0.1, 0.15) is 66.0 Å². The molecule has 0 bridgehead atoms. The van der Waals surface area contributed by atoms with Crippen molar-refractivity contribution < 1.29 is 27.5 Å². The predicted octanol–water partition coefficient (Wildman–Crippen LogP) is 4.31. The summed E-state index contributed by atoms with van der Waals surface area (Å²) in [5, 5.41) is 2.87. The van der Waals surface area contributed by atoms with Crippen LogP contribution in [-0.2, 0) is 26.0 Å². The summed E-state index contributed by atoms with van der Waals surface area (Å²) in [7, 11) is -0.582. The number of nitrogens with zero attached hydrogens (tertiary/aromatic N) is 4. The summed E-state index contributed by atoms with van der Waals surface area (Å²) in [6.45, 7) is 13.6. The van der Waals surface area contributed by atoms with Gasteiger partial charge in [-0.1, -0.05) is 48.5 Å². The Bertz CT molecular complexity index is 2050. The number of nitrogens with two attached hydrogens (primary N) is 1. The van der Waals surface area contributed by atoms with E-state index in [2.05, 4.69) is 44.2 Å². The molecule has 2 aliphatic heterocycles. The number of carbonyl (C=O) groups is 2. The maximum atomic E-state index is 14.0. The van der Waals surface area contributed by atoms with Crippen LogP contribution in [0.5, 0.6) is 5.75 Å². The molecule has 302 valence electrons. The smallest absolute Gasteiger partial charge is 0.407 e. The van der Waals surface area contributed by atoms with Crippen molar-refractivity contribution in [3.8, 4) is 16.9 Å². The van der Waals surface area contributed by atoms with E-state index in [9.17, 15) is 18.0 Å². The molecule has 1 aliphatic carbocycles. The quantitative estimate of drug-likeness (QED) is 0.138. The van der Waals surface area contributed by atoms with Gasteiger partial charge in [-0.2, -0.15) is 0 Å². The van der Waals surface area contributed by atoms with Crippen molar-refractivity contribution >= 4 is 28.0 Å². The molecule has 0 unspecified atom stereocenters. The number of hydrogen-bond donors (Lipinski definition) is 3. The number of fused-ring (bicyclic) bond motifs is 4. The number of ether oxygens (including phenoxy) is 2. The summed E-state index contributed by atoms with van der Waals surface area (Å²) < 4.78 is 42.8. The number of amides is 2. The van der Waals surface area contributed by atoms with Gasteiger partial charge in [0, 0.05) is 77.8 Å². The van der Waals surface area contributed by atoms with Crippen LogP contribution in [0.25, 0.3) is 11.1 Å². The first-order valence-corrected chi connectivity index (χ1v) is 21.0. The average molecular weight is 788 g/mol. The van der Waals surface area contributed by atoms with Crippen molar-refractivity contribution in [2.75, 3.05) is 66.5 Å². The highest BCUT2D eigenvalue weighted by Gasteiger charge is 2.37. The molecule has 0 spiro atoms. The Morgan fingerprint density at radius 3 is 2.21 bits per heavy atom. The lowest BCUT2D eigenvalue weighted by atomic mass is 9.94. The second kappa shape index (κ2) is 16.8. The molecule has 14 heteroatoms. The number of sulfonamides is 1. The largest absolute Gasteiger partial charge is 0.487 e. The third-order valence-corrected chi connectivity index (χ3v) is 12.8. The predicted molar refractivity (Wildman–Crippen MR) is 219 cm³/mol. The van der Waals surface area contributed by atoms with E-state index in [-0.39, 0.29) is 42.3 Å². The van der Waals surface area contributed by atoms with Crippen molar-refractivity contribution in [2.45, 2.75) is 76.3 Å². The molecule has 1 saturated heterocycles. The number of alkyl carbamates (subject to hydrolysis) is 1. The van der Waals surface area contributed by atoms with Gasteiger partial charge < -0.3 is 30.3 Å². The summed E-state index contributed by atoms with van der Waals surface area (Å²) in [5.41, 5.74) is 12.8. The standard InChI is InChI=1S/C42H57N7O6S/c1-27-28(2)38(29(3)34-25-42(4,5)55-37(27)34)56(52,53)46-40(47(6)7)44-19-12-17-36(39(50)49-23-21-48(20-18-43)22-24-49)45-41(51)54-26-35-32-15-10-8-13-30(32)31-14-9-11-16-33(31)35/h8-11,13-16,35-36H,12,17-26,43H2,1-7H3,(H,44,46)(H,45,51)/t36-/m0/s1. The molecule has 2 heterocycles. The van der Waals surface area contributed by atoms with E-state index in [0.717, 1.165) is 45.7 Å². The van der Waals surface area contributed by atoms with Crippen LogP contribution in [0.2, 0.25) is 0 Å². The SMILES string of the molecule is Cc1c(C)c(S(=O)(=O)NC(=NCCC[C@H](NC(=O)OCC2c3ccccc3-c3ccccc32)C(=O)N2CCN(CCN)CC2)N(C)C)c(C)c2c1OC(C)(C)C2. The van der Waals surface area contributed by atoms with Crippen LogP contribution in [0.4, 0.5) is 4.79 Å². The van der Waals surface area contributed by atoms with Crippen LogP contribution >= 0.6 is 0 Å². The minimum atomic E-state index is -4.03. The first-order valence-electron chi connectivity index (χ1n) is 19.5. The van der Waals surface area contributed by atoms with Gasteiger partial charge in [-0.15, -0.1) is 0 Å². The highest BCUT2D eigenvalue weighted by molar-refractivity contribution is 7.90. The Morgan fingerprint density at radius 1 is 0.982 bits per heavy atom. The zero-order chi connectivity index (χ0) is 40.4. The molecule has 1 atom stereocenters. The van der Waals surface area contributed by atoms with E-state index in [4.69, 9.17) is 15.2 Å². The molecule has 0 radical (unpaired) electrons. The number of benzene rings is 3. The molecular weight excluding hydrogens is 731 g/mol. The first-order chi connectivity index (χ1) is 26.6. The number of carbonyl (C=O) groups excluding carboxylic acids is 2. The van der Waals surface area contributed by atoms with Crippen LogP contribution in [0.15, 0.2) is 58.4 Å². The number of guanidine groups is 1. The lowest BCUT2D eigenvalue weighted by Crippen LogP contribution is -2.55. The van der Waals surface area contributed by atoms with Crippen LogP contribution in [0.3, 0.4) is 0 Å². The van der Waals surface area contributed by atoms with Crippen LogP contribution in [-0.4, -0.2) is 119 Å². The van der Waals surface area contributed by atoms with Crippen molar-refractivity contribution in [3.05, 3.63) is 81.9 Å². The number of rotatable bonds is 12. The van der Waals surface area contributed by atoms with Gasteiger partial charge >= 0.3 is 6.09 Å². The molecular formula is C42H57N7O6S. The van der Waals surface area contributed by atoms with Gasteiger partial charge in [0.15, 0.2) is 0 Å². The maximum Gasteiger partial charge on any atom is 0.407 e. The number of aliphatic imine (C=N–C) groups is 1. The van der Waals surface area contributed by atoms with E-state index in [1.165, 1.54) is 0 Å². The molecule has 6 rings (SSSR count). The number of piperazine rings is 1. The maximum absolute atomic E-state index is 14.0. The van der Waals surface area contributed by atoms with Crippen molar-refractivity contribution in [1.29, 1.82) is 0 Å². The van der Waals surface area contributed by atoms with Crippen LogP contribution < -0.4 is 20.5 Å².